The van der Waals surface area contributed by atoms with E-state index in [2.05, 4.69) is 37.4 Å². The quantitative estimate of drug-likeness (QED) is 0.818. The predicted octanol–water partition coefficient (Wildman–Crippen LogP) is 3.76. The van der Waals surface area contributed by atoms with Crippen molar-refractivity contribution in [3.63, 3.8) is 0 Å². The number of ether oxygens (including phenoxy) is 4. The minimum absolute atomic E-state index is 0.209. The monoisotopic (exact) mass is 357 g/mol. The van der Waals surface area contributed by atoms with Crippen LogP contribution in [0.15, 0.2) is 36.4 Å². The van der Waals surface area contributed by atoms with Gasteiger partial charge in [0.15, 0.2) is 23.0 Å². The SMILES string of the molecule is COc1ccc(CC(C)NC(C)c2ccc3c(c2)OCCO3)cc1OC. The van der Waals surface area contributed by atoms with Crippen molar-refractivity contribution in [3.8, 4) is 23.0 Å². The average Bonchev–Trinajstić information content (AvgIpc) is 2.67. The van der Waals surface area contributed by atoms with Gasteiger partial charge in [-0.3, -0.25) is 0 Å². The Labute approximate surface area is 155 Å². The van der Waals surface area contributed by atoms with E-state index in [0.29, 0.717) is 19.3 Å². The maximum absolute atomic E-state index is 5.68. The zero-order chi connectivity index (χ0) is 18.5. The van der Waals surface area contributed by atoms with Crippen molar-refractivity contribution in [3.05, 3.63) is 47.5 Å². The molecule has 0 amide bonds. The molecule has 3 rings (SSSR count). The summed E-state index contributed by atoms with van der Waals surface area (Å²) in [7, 11) is 3.31. The third-order valence-corrected chi connectivity index (χ3v) is 4.59. The third kappa shape index (κ3) is 4.22. The van der Waals surface area contributed by atoms with E-state index in [0.717, 1.165) is 29.4 Å². The van der Waals surface area contributed by atoms with Gasteiger partial charge in [-0.05, 0) is 55.7 Å². The van der Waals surface area contributed by atoms with Gasteiger partial charge in [0.25, 0.3) is 0 Å². The lowest BCUT2D eigenvalue weighted by Crippen LogP contribution is -2.30. The van der Waals surface area contributed by atoms with Crippen LogP contribution in [0.5, 0.6) is 23.0 Å². The Hall–Kier alpha value is -2.40. The van der Waals surface area contributed by atoms with Crippen LogP contribution < -0.4 is 24.3 Å². The molecule has 0 saturated heterocycles. The molecule has 26 heavy (non-hydrogen) atoms. The van der Waals surface area contributed by atoms with Gasteiger partial charge in [-0.15, -0.1) is 0 Å². The van der Waals surface area contributed by atoms with Gasteiger partial charge in [0.2, 0.25) is 0 Å². The summed E-state index contributed by atoms with van der Waals surface area (Å²) in [6.45, 7) is 5.57. The van der Waals surface area contributed by atoms with E-state index in [-0.39, 0.29) is 6.04 Å². The molecule has 1 aliphatic heterocycles. The van der Waals surface area contributed by atoms with Crippen molar-refractivity contribution in [2.75, 3.05) is 27.4 Å². The van der Waals surface area contributed by atoms with Crippen molar-refractivity contribution < 1.29 is 18.9 Å². The van der Waals surface area contributed by atoms with Crippen LogP contribution in [0.2, 0.25) is 0 Å². The summed E-state index contributed by atoms with van der Waals surface area (Å²) in [5.41, 5.74) is 2.39. The number of benzene rings is 2. The van der Waals surface area contributed by atoms with Crippen molar-refractivity contribution in [2.24, 2.45) is 0 Å². The van der Waals surface area contributed by atoms with Crippen molar-refractivity contribution in [2.45, 2.75) is 32.4 Å². The van der Waals surface area contributed by atoms with E-state index in [1.807, 2.05) is 18.2 Å². The molecule has 0 radical (unpaired) electrons. The fourth-order valence-corrected chi connectivity index (χ4v) is 3.27. The molecule has 1 heterocycles. The average molecular weight is 357 g/mol. The van der Waals surface area contributed by atoms with Crippen LogP contribution in [0, 0.1) is 0 Å². The Morgan fingerprint density at radius 3 is 2.38 bits per heavy atom. The highest BCUT2D eigenvalue weighted by Gasteiger charge is 2.16. The predicted molar refractivity (Wildman–Crippen MR) is 102 cm³/mol. The zero-order valence-corrected chi connectivity index (χ0v) is 15.9. The number of hydrogen-bond acceptors (Lipinski definition) is 5. The number of hydrogen-bond donors (Lipinski definition) is 1. The van der Waals surface area contributed by atoms with E-state index < -0.39 is 0 Å². The summed E-state index contributed by atoms with van der Waals surface area (Å²) in [5.74, 6) is 3.17. The van der Waals surface area contributed by atoms with Crippen molar-refractivity contribution in [1.82, 2.24) is 5.32 Å². The van der Waals surface area contributed by atoms with Crippen LogP contribution in [0.4, 0.5) is 0 Å². The van der Waals surface area contributed by atoms with Gasteiger partial charge >= 0.3 is 0 Å². The molecule has 2 aromatic carbocycles. The first-order valence-corrected chi connectivity index (χ1v) is 8.97. The standard InChI is InChI=1S/C21H27NO4/c1-14(11-16-5-7-18(23-3)20(12-16)24-4)22-15(2)17-6-8-19-21(13-17)26-10-9-25-19/h5-8,12-15,22H,9-11H2,1-4H3. The number of methoxy groups -OCH3 is 2. The van der Waals surface area contributed by atoms with E-state index in [1.54, 1.807) is 14.2 Å². The van der Waals surface area contributed by atoms with Gasteiger partial charge in [-0.2, -0.15) is 0 Å². The molecule has 0 aromatic heterocycles. The van der Waals surface area contributed by atoms with Crippen molar-refractivity contribution >= 4 is 0 Å². The van der Waals surface area contributed by atoms with E-state index in [4.69, 9.17) is 18.9 Å². The zero-order valence-electron chi connectivity index (χ0n) is 15.9. The summed E-state index contributed by atoms with van der Waals surface area (Å²) in [4.78, 5) is 0. The summed E-state index contributed by atoms with van der Waals surface area (Å²) in [6.07, 6.45) is 0.898. The summed E-state index contributed by atoms with van der Waals surface area (Å²) < 4.78 is 22.0. The Bertz CT molecular complexity index is 747. The molecule has 1 aliphatic rings. The van der Waals surface area contributed by atoms with Gasteiger partial charge < -0.3 is 24.3 Å². The fraction of sp³-hybridized carbons (Fsp3) is 0.429. The minimum atomic E-state index is 0.209. The Balaban J connectivity index is 1.63. The minimum Gasteiger partial charge on any atom is -0.493 e. The lowest BCUT2D eigenvalue weighted by Gasteiger charge is -2.23. The second-order valence-electron chi connectivity index (χ2n) is 6.59. The molecular weight excluding hydrogens is 330 g/mol. The molecule has 5 heteroatoms. The normalized spacial score (nSPS) is 15.2. The number of fused-ring (bicyclic) bond motifs is 1. The highest BCUT2D eigenvalue weighted by molar-refractivity contribution is 5.45. The molecule has 140 valence electrons. The van der Waals surface area contributed by atoms with Crippen LogP contribution >= 0.6 is 0 Å². The Morgan fingerprint density at radius 2 is 1.65 bits per heavy atom. The summed E-state index contributed by atoms with van der Waals surface area (Å²) in [6, 6.07) is 12.7. The van der Waals surface area contributed by atoms with Gasteiger partial charge in [0, 0.05) is 12.1 Å². The highest BCUT2D eigenvalue weighted by atomic mass is 16.6. The van der Waals surface area contributed by atoms with Gasteiger partial charge in [-0.25, -0.2) is 0 Å². The molecule has 0 aliphatic carbocycles. The summed E-state index contributed by atoms with van der Waals surface area (Å²) in [5, 5.41) is 3.65. The molecule has 2 aromatic rings. The first kappa shape index (κ1) is 18.4. The summed E-state index contributed by atoms with van der Waals surface area (Å²) >= 11 is 0. The van der Waals surface area contributed by atoms with Crippen LogP contribution in [0.25, 0.3) is 0 Å². The molecule has 0 saturated carbocycles. The second kappa shape index (κ2) is 8.32. The maximum atomic E-state index is 5.68. The lowest BCUT2D eigenvalue weighted by molar-refractivity contribution is 0.171. The van der Waals surface area contributed by atoms with Crippen LogP contribution in [-0.4, -0.2) is 33.5 Å². The van der Waals surface area contributed by atoms with Crippen molar-refractivity contribution in [1.29, 1.82) is 0 Å². The molecule has 2 atom stereocenters. The Kier molecular flexibility index (Phi) is 5.89. The number of nitrogens with one attached hydrogen (secondary N) is 1. The third-order valence-electron chi connectivity index (χ3n) is 4.59. The van der Waals surface area contributed by atoms with Gasteiger partial charge in [0.1, 0.15) is 13.2 Å². The van der Waals surface area contributed by atoms with Gasteiger partial charge in [-0.1, -0.05) is 12.1 Å². The first-order chi connectivity index (χ1) is 12.6. The van der Waals surface area contributed by atoms with Crippen LogP contribution in [-0.2, 0) is 6.42 Å². The first-order valence-electron chi connectivity index (χ1n) is 8.97. The lowest BCUT2D eigenvalue weighted by atomic mass is 10.0. The Morgan fingerprint density at radius 1 is 0.923 bits per heavy atom. The number of rotatable bonds is 7. The van der Waals surface area contributed by atoms with Crippen LogP contribution in [0.3, 0.4) is 0 Å². The smallest absolute Gasteiger partial charge is 0.161 e. The van der Waals surface area contributed by atoms with Crippen LogP contribution in [0.1, 0.15) is 31.0 Å². The topological polar surface area (TPSA) is 49.0 Å². The molecule has 0 bridgehead atoms. The highest BCUT2D eigenvalue weighted by Crippen LogP contribution is 2.33. The molecule has 0 spiro atoms. The van der Waals surface area contributed by atoms with E-state index in [1.165, 1.54) is 11.1 Å². The van der Waals surface area contributed by atoms with E-state index in [9.17, 15) is 0 Å². The molecule has 0 fully saturated rings. The molecule has 2 unspecified atom stereocenters. The molecule has 1 N–H and O–H groups in total. The molecular formula is C21H27NO4. The largest absolute Gasteiger partial charge is 0.493 e. The maximum Gasteiger partial charge on any atom is 0.161 e. The van der Waals surface area contributed by atoms with Gasteiger partial charge in [0.05, 0.1) is 14.2 Å². The fourth-order valence-electron chi connectivity index (χ4n) is 3.27. The second-order valence-corrected chi connectivity index (χ2v) is 6.59. The molecule has 5 nitrogen and oxygen atoms in total. The van der Waals surface area contributed by atoms with E-state index >= 15 is 0 Å².